The molecule has 2 aromatic carbocycles. The van der Waals surface area contributed by atoms with E-state index in [-0.39, 0.29) is 6.04 Å². The van der Waals surface area contributed by atoms with Crippen LogP contribution in [0.4, 0.5) is 5.95 Å². The first-order valence-corrected chi connectivity index (χ1v) is 9.11. The summed E-state index contributed by atoms with van der Waals surface area (Å²) in [5.74, 6) is 0.369. The zero-order chi connectivity index (χ0) is 18.1. The third-order valence-electron chi connectivity index (χ3n) is 4.06. The summed E-state index contributed by atoms with van der Waals surface area (Å²) in [6.07, 6.45) is 1.72. The van der Waals surface area contributed by atoms with Crippen LogP contribution >= 0.6 is 15.9 Å². The highest BCUT2D eigenvalue weighted by Crippen LogP contribution is 2.31. The van der Waals surface area contributed by atoms with Gasteiger partial charge in [-0.3, -0.25) is 0 Å². The predicted molar refractivity (Wildman–Crippen MR) is 109 cm³/mol. The number of benzene rings is 2. The highest BCUT2D eigenvalue weighted by molar-refractivity contribution is 9.10. The summed E-state index contributed by atoms with van der Waals surface area (Å²) in [4.78, 5) is 4.64. The van der Waals surface area contributed by atoms with Crippen molar-refractivity contribution in [2.24, 2.45) is 5.10 Å². The van der Waals surface area contributed by atoms with Gasteiger partial charge in [0.25, 0.3) is 5.95 Å². The molecule has 0 amide bonds. The average molecular weight is 409 g/mol. The van der Waals surface area contributed by atoms with Crippen LogP contribution in [-0.2, 0) is 0 Å². The van der Waals surface area contributed by atoms with Crippen LogP contribution in [0.2, 0.25) is 0 Å². The Labute approximate surface area is 159 Å². The van der Waals surface area contributed by atoms with E-state index in [9.17, 15) is 0 Å². The molecule has 0 bridgehead atoms. The standard InChI is InChI=1S/C19H17BrN6/c1-12(2)26-16-9-8-14(20)10-15(16)17-18(26)22-19(25-23-17)24-21-11-13-6-4-3-5-7-13/h3-12H,1-2H3,(H,22,24,25)/b21-11+. The third kappa shape index (κ3) is 3.06. The molecule has 0 aliphatic heterocycles. The molecule has 4 aromatic rings. The van der Waals surface area contributed by atoms with E-state index >= 15 is 0 Å². The fourth-order valence-corrected chi connectivity index (χ4v) is 3.32. The second-order valence-corrected chi connectivity index (χ2v) is 7.13. The summed E-state index contributed by atoms with van der Waals surface area (Å²) >= 11 is 3.53. The summed E-state index contributed by atoms with van der Waals surface area (Å²) in [5, 5.41) is 13.8. The Morgan fingerprint density at radius 1 is 1.12 bits per heavy atom. The van der Waals surface area contributed by atoms with Crippen molar-refractivity contribution in [1.29, 1.82) is 0 Å². The van der Waals surface area contributed by atoms with Gasteiger partial charge in [-0.1, -0.05) is 46.3 Å². The average Bonchev–Trinajstić information content (AvgIpc) is 2.95. The Morgan fingerprint density at radius 2 is 1.92 bits per heavy atom. The minimum absolute atomic E-state index is 0.244. The van der Waals surface area contributed by atoms with Crippen LogP contribution in [0.3, 0.4) is 0 Å². The second-order valence-electron chi connectivity index (χ2n) is 6.21. The van der Waals surface area contributed by atoms with Gasteiger partial charge in [0.05, 0.1) is 11.7 Å². The van der Waals surface area contributed by atoms with Crippen LogP contribution in [0.15, 0.2) is 58.1 Å². The highest BCUT2D eigenvalue weighted by Gasteiger charge is 2.16. The normalized spacial score (nSPS) is 11.8. The van der Waals surface area contributed by atoms with E-state index in [2.05, 4.69) is 66.1 Å². The summed E-state index contributed by atoms with van der Waals surface area (Å²) < 4.78 is 3.17. The zero-order valence-corrected chi connectivity index (χ0v) is 16.0. The monoisotopic (exact) mass is 408 g/mol. The van der Waals surface area contributed by atoms with Crippen molar-refractivity contribution in [2.45, 2.75) is 19.9 Å². The van der Waals surface area contributed by atoms with Gasteiger partial charge < -0.3 is 4.57 Å². The Kier molecular flexibility index (Phi) is 4.38. The van der Waals surface area contributed by atoms with Gasteiger partial charge in [-0.15, -0.1) is 10.2 Å². The molecule has 2 heterocycles. The van der Waals surface area contributed by atoms with E-state index < -0.39 is 0 Å². The van der Waals surface area contributed by atoms with Gasteiger partial charge in [0.2, 0.25) is 0 Å². The number of rotatable bonds is 4. The number of fused-ring (bicyclic) bond motifs is 3. The molecule has 0 saturated carbocycles. The molecule has 1 N–H and O–H groups in total. The summed E-state index contributed by atoms with van der Waals surface area (Å²) in [6.45, 7) is 4.26. The lowest BCUT2D eigenvalue weighted by Gasteiger charge is -2.10. The van der Waals surface area contributed by atoms with Gasteiger partial charge in [-0.05, 0) is 37.6 Å². The van der Waals surface area contributed by atoms with Crippen LogP contribution < -0.4 is 5.43 Å². The SMILES string of the molecule is CC(C)n1c2ccc(Br)cc2c2nnc(N/N=C/c3ccccc3)nc21. The van der Waals surface area contributed by atoms with E-state index in [4.69, 9.17) is 0 Å². The maximum absolute atomic E-state index is 4.64. The number of hydrogen-bond acceptors (Lipinski definition) is 5. The molecule has 0 spiro atoms. The topological polar surface area (TPSA) is 68.0 Å². The Hall–Kier alpha value is -2.80. The first kappa shape index (κ1) is 16.7. The predicted octanol–water partition coefficient (Wildman–Crippen LogP) is 4.77. The first-order valence-electron chi connectivity index (χ1n) is 8.31. The van der Waals surface area contributed by atoms with Crippen molar-refractivity contribution in [2.75, 3.05) is 5.43 Å². The lowest BCUT2D eigenvalue weighted by molar-refractivity contribution is 0.636. The molecule has 0 fully saturated rings. The third-order valence-corrected chi connectivity index (χ3v) is 4.56. The Morgan fingerprint density at radius 3 is 2.69 bits per heavy atom. The second kappa shape index (κ2) is 6.84. The maximum atomic E-state index is 4.64. The Bertz CT molecular complexity index is 1100. The fraction of sp³-hybridized carbons (Fsp3) is 0.158. The van der Waals surface area contributed by atoms with Crippen LogP contribution in [0.25, 0.3) is 22.1 Å². The number of hydrogen-bond donors (Lipinski definition) is 1. The summed E-state index contributed by atoms with van der Waals surface area (Å²) in [5.41, 5.74) is 6.53. The number of halogens is 1. The first-order chi connectivity index (χ1) is 12.6. The molecule has 4 rings (SSSR count). The number of anilines is 1. The van der Waals surface area contributed by atoms with Crippen molar-refractivity contribution >= 4 is 50.2 Å². The number of hydrazone groups is 1. The molecule has 0 radical (unpaired) electrons. The van der Waals surface area contributed by atoms with Gasteiger partial charge in [-0.25, -0.2) is 5.43 Å². The highest BCUT2D eigenvalue weighted by atomic mass is 79.9. The molecule has 0 aliphatic rings. The van der Waals surface area contributed by atoms with E-state index in [1.54, 1.807) is 6.21 Å². The molecule has 7 heteroatoms. The quantitative estimate of drug-likeness (QED) is 0.390. The van der Waals surface area contributed by atoms with Crippen molar-refractivity contribution in [1.82, 2.24) is 19.7 Å². The van der Waals surface area contributed by atoms with Crippen LogP contribution in [0, 0.1) is 0 Å². The van der Waals surface area contributed by atoms with Crippen molar-refractivity contribution in [3.63, 3.8) is 0 Å². The van der Waals surface area contributed by atoms with E-state index in [0.717, 1.165) is 32.1 Å². The Balaban J connectivity index is 1.75. The molecule has 0 unspecified atom stereocenters. The molecule has 0 aliphatic carbocycles. The number of aromatic nitrogens is 4. The molecule has 0 saturated heterocycles. The van der Waals surface area contributed by atoms with Crippen molar-refractivity contribution < 1.29 is 0 Å². The molecule has 0 atom stereocenters. The molecular weight excluding hydrogens is 392 g/mol. The van der Waals surface area contributed by atoms with Gasteiger partial charge in [0.15, 0.2) is 5.65 Å². The smallest absolute Gasteiger partial charge is 0.265 e. The van der Waals surface area contributed by atoms with E-state index in [1.165, 1.54) is 0 Å². The summed E-state index contributed by atoms with van der Waals surface area (Å²) in [7, 11) is 0. The molecule has 2 aromatic heterocycles. The van der Waals surface area contributed by atoms with E-state index in [1.807, 2.05) is 42.5 Å². The minimum atomic E-state index is 0.244. The fourth-order valence-electron chi connectivity index (χ4n) is 2.96. The largest absolute Gasteiger partial charge is 0.321 e. The molecular formula is C19H17BrN6. The van der Waals surface area contributed by atoms with Crippen LogP contribution in [0.1, 0.15) is 25.5 Å². The maximum Gasteiger partial charge on any atom is 0.265 e. The van der Waals surface area contributed by atoms with Gasteiger partial charge >= 0.3 is 0 Å². The summed E-state index contributed by atoms with van der Waals surface area (Å²) in [6, 6.07) is 16.2. The van der Waals surface area contributed by atoms with Crippen LogP contribution in [-0.4, -0.2) is 26.0 Å². The lowest BCUT2D eigenvalue weighted by atomic mass is 10.2. The van der Waals surface area contributed by atoms with Gasteiger partial charge in [0.1, 0.15) is 5.52 Å². The van der Waals surface area contributed by atoms with Gasteiger partial charge in [-0.2, -0.15) is 10.1 Å². The van der Waals surface area contributed by atoms with Crippen molar-refractivity contribution in [3.05, 3.63) is 58.6 Å². The molecule has 130 valence electrons. The van der Waals surface area contributed by atoms with Crippen molar-refractivity contribution in [3.8, 4) is 0 Å². The zero-order valence-electron chi connectivity index (χ0n) is 14.4. The lowest BCUT2D eigenvalue weighted by Crippen LogP contribution is -2.04. The van der Waals surface area contributed by atoms with Gasteiger partial charge in [0, 0.05) is 15.9 Å². The minimum Gasteiger partial charge on any atom is -0.321 e. The van der Waals surface area contributed by atoms with Crippen LogP contribution in [0.5, 0.6) is 0 Å². The number of nitrogens with one attached hydrogen (secondary N) is 1. The number of nitrogens with zero attached hydrogens (tertiary/aromatic N) is 5. The molecule has 26 heavy (non-hydrogen) atoms. The van der Waals surface area contributed by atoms with E-state index in [0.29, 0.717) is 5.95 Å². The molecule has 6 nitrogen and oxygen atoms in total.